The lowest BCUT2D eigenvalue weighted by atomic mass is 9.99. The van der Waals surface area contributed by atoms with Crippen molar-refractivity contribution in [2.45, 2.75) is 423 Å². The molecule has 0 aromatic rings. The van der Waals surface area contributed by atoms with Crippen LogP contribution in [0.15, 0.2) is 85.1 Å². The van der Waals surface area contributed by atoms with E-state index < -0.39 is 49.5 Å². The summed E-state index contributed by atoms with van der Waals surface area (Å²) in [6.45, 7) is 3.70. The standard InChI is InChI=1S/C83H151NO8/c1-3-5-7-9-11-13-15-17-19-21-23-25-27-29-31-33-34-35-36-37-38-39-40-41-42-43-44-45-47-49-51-53-55-57-59-61-63-65-67-69-71-73-79(87)84-76(75-91-83-82(90)81(89)80(88)78(74-85)92-83)77(86)72-70-68-66-64-62-60-58-56-54-52-50-48-46-32-30-28-26-24-22-20-18-16-14-12-10-8-6-4-2/h5,7,11,13,17,19,23,25,29,31,62,64,70,72,76-78,80-83,85-86,88-90H,3-4,6,8-10,12,14-16,18,20-22,24,26-28,30,32-61,63,65-69,71,73-75H2,1-2H3,(H,84,87)/b7-5-,13-11-,19-17-,25-23-,31-29-,64-62+,72-70+. The molecule has 9 heteroatoms. The maximum Gasteiger partial charge on any atom is 0.220 e. The number of unbranched alkanes of at least 4 members (excludes halogenated alkanes) is 48. The van der Waals surface area contributed by atoms with Crippen LogP contribution in [0.5, 0.6) is 0 Å². The highest BCUT2D eigenvalue weighted by atomic mass is 16.7. The Kier molecular flexibility index (Phi) is 67.6. The Morgan fingerprint density at radius 1 is 0.380 bits per heavy atom. The molecule has 0 bridgehead atoms. The van der Waals surface area contributed by atoms with Gasteiger partial charge in [-0.05, 0) is 77.0 Å². The first-order valence-corrected chi connectivity index (χ1v) is 39.8. The number of aliphatic hydroxyl groups is 5. The zero-order valence-corrected chi connectivity index (χ0v) is 60.3. The van der Waals surface area contributed by atoms with Gasteiger partial charge in [-0.15, -0.1) is 0 Å². The highest BCUT2D eigenvalue weighted by Crippen LogP contribution is 2.24. The predicted octanol–water partition coefficient (Wildman–Crippen LogP) is 22.8. The van der Waals surface area contributed by atoms with Crippen molar-refractivity contribution in [3.8, 4) is 0 Å². The van der Waals surface area contributed by atoms with E-state index in [9.17, 15) is 30.3 Å². The molecule has 1 aliphatic rings. The molecule has 0 aromatic carbocycles. The summed E-state index contributed by atoms with van der Waals surface area (Å²) >= 11 is 0. The van der Waals surface area contributed by atoms with Gasteiger partial charge < -0.3 is 40.3 Å². The molecule has 92 heavy (non-hydrogen) atoms. The van der Waals surface area contributed by atoms with Gasteiger partial charge in [0, 0.05) is 6.42 Å². The normalized spacial score (nSPS) is 18.1. The van der Waals surface area contributed by atoms with E-state index in [-0.39, 0.29) is 12.5 Å². The van der Waals surface area contributed by atoms with Crippen molar-refractivity contribution in [3.63, 3.8) is 0 Å². The molecule has 9 nitrogen and oxygen atoms in total. The first kappa shape index (κ1) is 87.4. The molecule has 7 unspecified atom stereocenters. The molecule has 1 amide bonds. The summed E-state index contributed by atoms with van der Waals surface area (Å²) in [6, 6.07) is -0.825. The van der Waals surface area contributed by atoms with Crippen molar-refractivity contribution in [1.82, 2.24) is 5.32 Å². The molecule has 1 saturated heterocycles. The molecule has 0 radical (unpaired) electrons. The molecule has 1 aliphatic heterocycles. The van der Waals surface area contributed by atoms with Crippen molar-refractivity contribution in [1.29, 1.82) is 0 Å². The largest absolute Gasteiger partial charge is 0.394 e. The number of nitrogens with one attached hydrogen (secondary N) is 1. The van der Waals surface area contributed by atoms with Gasteiger partial charge >= 0.3 is 0 Å². The van der Waals surface area contributed by atoms with Crippen LogP contribution >= 0.6 is 0 Å². The number of ether oxygens (including phenoxy) is 2. The van der Waals surface area contributed by atoms with Gasteiger partial charge in [0.15, 0.2) is 6.29 Å². The zero-order chi connectivity index (χ0) is 66.4. The molecule has 0 aliphatic carbocycles. The van der Waals surface area contributed by atoms with Crippen LogP contribution in [0.2, 0.25) is 0 Å². The molecule has 7 atom stereocenters. The van der Waals surface area contributed by atoms with E-state index >= 15 is 0 Å². The second-order valence-corrected chi connectivity index (χ2v) is 27.5. The number of rotatable bonds is 70. The summed E-state index contributed by atoms with van der Waals surface area (Å²) in [5, 5.41) is 54.9. The van der Waals surface area contributed by atoms with Crippen LogP contribution in [0.25, 0.3) is 0 Å². The minimum absolute atomic E-state index is 0.180. The highest BCUT2D eigenvalue weighted by molar-refractivity contribution is 5.76. The van der Waals surface area contributed by atoms with Gasteiger partial charge in [0.2, 0.25) is 5.91 Å². The minimum Gasteiger partial charge on any atom is -0.394 e. The molecule has 6 N–H and O–H groups in total. The van der Waals surface area contributed by atoms with E-state index in [4.69, 9.17) is 9.47 Å². The van der Waals surface area contributed by atoms with Crippen molar-refractivity contribution in [3.05, 3.63) is 85.1 Å². The van der Waals surface area contributed by atoms with Crippen LogP contribution in [0, 0.1) is 0 Å². The molecule has 536 valence electrons. The lowest BCUT2D eigenvalue weighted by molar-refractivity contribution is -0.302. The van der Waals surface area contributed by atoms with Crippen LogP contribution in [-0.4, -0.2) is 87.5 Å². The fourth-order valence-corrected chi connectivity index (χ4v) is 12.6. The van der Waals surface area contributed by atoms with Crippen LogP contribution in [-0.2, 0) is 14.3 Å². The van der Waals surface area contributed by atoms with Crippen LogP contribution < -0.4 is 5.32 Å². The van der Waals surface area contributed by atoms with Crippen molar-refractivity contribution < 1.29 is 39.8 Å². The van der Waals surface area contributed by atoms with E-state index in [1.54, 1.807) is 6.08 Å². The van der Waals surface area contributed by atoms with Gasteiger partial charge in [-0.2, -0.15) is 0 Å². The topological polar surface area (TPSA) is 149 Å². The zero-order valence-electron chi connectivity index (χ0n) is 60.3. The monoisotopic (exact) mass is 1290 g/mol. The summed E-state index contributed by atoms with van der Waals surface area (Å²) in [5.74, 6) is -0.180. The summed E-state index contributed by atoms with van der Waals surface area (Å²) in [7, 11) is 0. The lowest BCUT2D eigenvalue weighted by Gasteiger charge is -2.40. The fourth-order valence-electron chi connectivity index (χ4n) is 12.6. The average Bonchev–Trinajstić information content (AvgIpc) is 1.00. The van der Waals surface area contributed by atoms with E-state index in [1.807, 2.05) is 6.08 Å². The molecule has 1 fully saturated rings. The second-order valence-electron chi connectivity index (χ2n) is 27.5. The molecule has 0 aromatic heterocycles. The van der Waals surface area contributed by atoms with Crippen molar-refractivity contribution in [2.24, 2.45) is 0 Å². The number of hydrogen-bond donors (Lipinski definition) is 6. The number of carbonyl (C=O) groups excluding carboxylic acids is 1. The van der Waals surface area contributed by atoms with E-state index in [1.165, 1.54) is 289 Å². The average molecular weight is 1290 g/mol. The quantitative estimate of drug-likeness (QED) is 0.0261. The first-order chi connectivity index (χ1) is 45.3. The smallest absolute Gasteiger partial charge is 0.220 e. The summed E-state index contributed by atoms with van der Waals surface area (Å²) < 4.78 is 11.3. The Morgan fingerprint density at radius 3 is 1.04 bits per heavy atom. The SMILES string of the molecule is CC/C=C\C/C=C\C/C=C\C/C=C\C/C=C\CCCCCCCCCCCCCCCCCCCCCCCCCCCC(=O)NC(COC1OC(CO)C(O)C(O)C1O)C(O)/C=C/CC/C=C/CCCCCCCCCCCCCCCCCCCCCCCC. The minimum atomic E-state index is -1.57. The molecular weight excluding hydrogens is 1140 g/mol. The van der Waals surface area contributed by atoms with Gasteiger partial charge in [0.05, 0.1) is 25.4 Å². The highest BCUT2D eigenvalue weighted by Gasteiger charge is 2.44. The molecule has 0 spiro atoms. The van der Waals surface area contributed by atoms with Gasteiger partial charge in [0.25, 0.3) is 0 Å². The number of aliphatic hydroxyl groups excluding tert-OH is 5. The van der Waals surface area contributed by atoms with Gasteiger partial charge in [-0.3, -0.25) is 4.79 Å². The molecular formula is C83H151NO8. The Balaban J connectivity index is 2.06. The van der Waals surface area contributed by atoms with Gasteiger partial charge in [-0.25, -0.2) is 0 Å². The number of carbonyl (C=O) groups is 1. The molecule has 1 heterocycles. The summed E-state index contributed by atoms with van der Waals surface area (Å²) in [6.07, 6.45) is 95.9. The van der Waals surface area contributed by atoms with E-state index in [0.717, 1.165) is 70.6 Å². The van der Waals surface area contributed by atoms with Crippen LogP contribution in [0.4, 0.5) is 0 Å². The number of amides is 1. The first-order valence-electron chi connectivity index (χ1n) is 39.8. The van der Waals surface area contributed by atoms with Crippen LogP contribution in [0.3, 0.4) is 0 Å². The maximum atomic E-state index is 13.2. The predicted molar refractivity (Wildman–Crippen MR) is 396 cm³/mol. The third kappa shape index (κ3) is 58.7. The second kappa shape index (κ2) is 71.2. The van der Waals surface area contributed by atoms with Crippen LogP contribution in [0.1, 0.15) is 380 Å². The fraction of sp³-hybridized carbons (Fsp3) is 0.819. The Labute approximate surface area is 569 Å². The Morgan fingerprint density at radius 2 is 0.685 bits per heavy atom. The maximum absolute atomic E-state index is 13.2. The lowest BCUT2D eigenvalue weighted by Crippen LogP contribution is -2.60. The third-order valence-electron chi connectivity index (χ3n) is 18.7. The van der Waals surface area contributed by atoms with E-state index in [0.29, 0.717) is 6.42 Å². The Hall–Kier alpha value is -2.63. The third-order valence-corrected chi connectivity index (χ3v) is 18.7. The van der Waals surface area contributed by atoms with Crippen molar-refractivity contribution in [2.75, 3.05) is 13.2 Å². The molecule has 0 saturated carbocycles. The van der Waals surface area contributed by atoms with Crippen molar-refractivity contribution >= 4 is 5.91 Å². The van der Waals surface area contributed by atoms with E-state index in [2.05, 4.69) is 92.1 Å². The van der Waals surface area contributed by atoms with Gasteiger partial charge in [-0.1, -0.05) is 381 Å². The van der Waals surface area contributed by atoms with Gasteiger partial charge in [0.1, 0.15) is 24.4 Å². The summed E-state index contributed by atoms with van der Waals surface area (Å²) in [4.78, 5) is 13.2. The number of allylic oxidation sites excluding steroid dienone is 13. The molecule has 1 rings (SSSR count). The number of hydrogen-bond acceptors (Lipinski definition) is 8. The Bertz CT molecular complexity index is 1740. The summed E-state index contributed by atoms with van der Waals surface area (Å²) in [5.41, 5.74) is 0.